The van der Waals surface area contributed by atoms with E-state index in [1.165, 1.54) is 19.3 Å². The van der Waals surface area contributed by atoms with Gasteiger partial charge in [-0.15, -0.1) is 0 Å². The number of nitrogens with two attached hydrogens (primary N) is 1. The van der Waals surface area contributed by atoms with Crippen molar-refractivity contribution >= 4 is 5.70 Å². The van der Waals surface area contributed by atoms with Crippen LogP contribution < -0.4 is 11.1 Å². The molecule has 2 fully saturated rings. The lowest BCUT2D eigenvalue weighted by Gasteiger charge is -2.44. The van der Waals surface area contributed by atoms with E-state index in [1.807, 2.05) is 20.0 Å². The van der Waals surface area contributed by atoms with E-state index in [2.05, 4.69) is 40.9 Å². The molecule has 3 heterocycles. The van der Waals surface area contributed by atoms with Gasteiger partial charge >= 0.3 is 0 Å². The molecule has 1 aromatic heterocycles. The van der Waals surface area contributed by atoms with Gasteiger partial charge in [-0.2, -0.15) is 0 Å². The zero-order chi connectivity index (χ0) is 19.7. The highest BCUT2D eigenvalue weighted by molar-refractivity contribution is 5.62. The molecule has 0 amide bonds. The molecule has 0 aliphatic carbocycles. The molecule has 0 aromatic carbocycles. The number of aromatic nitrogens is 1. The van der Waals surface area contributed by atoms with Gasteiger partial charge in [-0.05, 0) is 43.2 Å². The van der Waals surface area contributed by atoms with Crippen molar-refractivity contribution in [2.45, 2.75) is 40.0 Å². The molecule has 5 heteroatoms. The first-order valence-corrected chi connectivity index (χ1v) is 9.80. The molecule has 2 aliphatic heterocycles. The summed E-state index contributed by atoms with van der Waals surface area (Å²) in [5.74, 6) is 6.40. The van der Waals surface area contributed by atoms with Crippen molar-refractivity contribution < 1.29 is 4.74 Å². The van der Waals surface area contributed by atoms with Crippen LogP contribution in [-0.4, -0.2) is 49.8 Å². The summed E-state index contributed by atoms with van der Waals surface area (Å²) in [6.07, 6.45) is 7.46. The highest BCUT2D eigenvalue weighted by Gasteiger charge is 2.32. The van der Waals surface area contributed by atoms with Gasteiger partial charge in [-0.1, -0.05) is 25.7 Å². The molecule has 27 heavy (non-hydrogen) atoms. The van der Waals surface area contributed by atoms with E-state index >= 15 is 0 Å². The quantitative estimate of drug-likeness (QED) is 0.801. The number of nitrogens with zero attached hydrogens (tertiary/aromatic N) is 2. The minimum atomic E-state index is 0.457. The molecule has 0 bridgehead atoms. The van der Waals surface area contributed by atoms with Gasteiger partial charge in [0, 0.05) is 51.3 Å². The van der Waals surface area contributed by atoms with Crippen molar-refractivity contribution in [2.24, 2.45) is 11.1 Å². The smallest absolute Gasteiger partial charge is 0.0903 e. The molecule has 0 spiro atoms. The lowest BCUT2D eigenvalue weighted by atomic mass is 9.84. The Kier molecular flexibility index (Phi) is 8.15. The normalized spacial score (nSPS) is 19.0. The van der Waals surface area contributed by atoms with Gasteiger partial charge in [-0.25, -0.2) is 0 Å². The lowest BCUT2D eigenvalue weighted by Crippen LogP contribution is -2.52. The van der Waals surface area contributed by atoms with Crippen LogP contribution in [0, 0.1) is 24.2 Å². The Bertz CT molecular complexity index is 676. The number of hydrogen-bond donors (Lipinski definition) is 2. The number of rotatable bonds is 3. The predicted molar refractivity (Wildman–Crippen MR) is 112 cm³/mol. The van der Waals surface area contributed by atoms with Crippen LogP contribution >= 0.6 is 0 Å². The summed E-state index contributed by atoms with van der Waals surface area (Å²) >= 11 is 0. The first kappa shape index (κ1) is 21.3. The summed E-state index contributed by atoms with van der Waals surface area (Å²) in [6, 6.07) is 2.03. The summed E-state index contributed by atoms with van der Waals surface area (Å²) in [5, 5.41) is 2.91. The van der Waals surface area contributed by atoms with Crippen molar-refractivity contribution in [1.82, 2.24) is 15.2 Å². The first-order chi connectivity index (χ1) is 12.9. The Labute approximate surface area is 164 Å². The van der Waals surface area contributed by atoms with E-state index in [9.17, 15) is 0 Å². The molecular formula is C22H34N4O. The van der Waals surface area contributed by atoms with Crippen molar-refractivity contribution in [3.8, 4) is 11.8 Å². The van der Waals surface area contributed by atoms with Crippen molar-refractivity contribution in [1.29, 1.82) is 0 Å². The molecule has 2 aliphatic rings. The number of likely N-dealkylation sites (tertiary alicyclic amines) is 1. The molecule has 3 rings (SSSR count). The van der Waals surface area contributed by atoms with E-state index in [-0.39, 0.29) is 0 Å². The van der Waals surface area contributed by atoms with Gasteiger partial charge in [0.2, 0.25) is 0 Å². The summed E-state index contributed by atoms with van der Waals surface area (Å²) in [5.41, 5.74) is 9.82. The van der Waals surface area contributed by atoms with Crippen molar-refractivity contribution in [2.75, 3.05) is 39.9 Å². The van der Waals surface area contributed by atoms with Crippen LogP contribution in [0.3, 0.4) is 0 Å². The highest BCUT2D eigenvalue weighted by atomic mass is 16.5. The van der Waals surface area contributed by atoms with E-state index in [0.717, 1.165) is 49.7 Å². The average molecular weight is 371 g/mol. The number of pyridine rings is 1. The molecule has 0 saturated carbocycles. The van der Waals surface area contributed by atoms with Crippen molar-refractivity contribution in [3.05, 3.63) is 35.3 Å². The van der Waals surface area contributed by atoms with Crippen LogP contribution in [0.15, 0.2) is 18.5 Å². The monoisotopic (exact) mass is 370 g/mol. The molecule has 5 nitrogen and oxygen atoms in total. The largest absolute Gasteiger partial charge is 0.396 e. The van der Waals surface area contributed by atoms with Gasteiger partial charge in [0.25, 0.3) is 0 Å². The average Bonchev–Trinajstić information content (AvgIpc) is 2.62. The Hall–Kier alpha value is -2.03. The second-order valence-electron chi connectivity index (χ2n) is 8.06. The van der Waals surface area contributed by atoms with E-state index in [4.69, 9.17) is 10.5 Å². The third-order valence-corrected chi connectivity index (χ3v) is 4.57. The van der Waals surface area contributed by atoms with Gasteiger partial charge in [0.05, 0.1) is 17.9 Å². The SMILES string of the molecule is C1CCOCC1.CN/C=C(\N)c1ncc(C#CCN2CC(C)(C)C2)cc1C. The second-order valence-corrected chi connectivity index (χ2v) is 8.06. The molecule has 1 aromatic rings. The number of nitrogens with one attached hydrogen (secondary N) is 1. The molecule has 0 unspecified atom stereocenters. The van der Waals surface area contributed by atoms with Gasteiger partial charge < -0.3 is 15.8 Å². The number of hydrogen-bond acceptors (Lipinski definition) is 5. The minimum Gasteiger partial charge on any atom is -0.396 e. The molecule has 0 radical (unpaired) electrons. The maximum Gasteiger partial charge on any atom is 0.0903 e. The lowest BCUT2D eigenvalue weighted by molar-refractivity contribution is 0.0443. The molecule has 2 saturated heterocycles. The van der Waals surface area contributed by atoms with Crippen LogP contribution in [0.4, 0.5) is 0 Å². The molecular weight excluding hydrogens is 336 g/mol. The topological polar surface area (TPSA) is 63.4 Å². The summed E-state index contributed by atoms with van der Waals surface area (Å²) in [6.45, 7) is 11.7. The first-order valence-electron chi connectivity index (χ1n) is 9.80. The zero-order valence-electron chi connectivity index (χ0n) is 17.3. The fraction of sp³-hybridized carbons (Fsp3) is 0.591. The Morgan fingerprint density at radius 2 is 2.04 bits per heavy atom. The molecule has 3 N–H and O–H groups in total. The number of ether oxygens (including phenoxy) is 1. The summed E-state index contributed by atoms with van der Waals surface area (Å²) < 4.78 is 5.07. The summed E-state index contributed by atoms with van der Waals surface area (Å²) in [7, 11) is 1.82. The van der Waals surface area contributed by atoms with Crippen LogP contribution in [0.25, 0.3) is 5.70 Å². The maximum atomic E-state index is 5.94. The fourth-order valence-corrected chi connectivity index (χ4v) is 3.39. The molecule has 148 valence electrons. The highest BCUT2D eigenvalue weighted by Crippen LogP contribution is 2.27. The van der Waals surface area contributed by atoms with Crippen LogP contribution in [-0.2, 0) is 4.74 Å². The van der Waals surface area contributed by atoms with Crippen LogP contribution in [0.5, 0.6) is 0 Å². The second kappa shape index (κ2) is 10.3. The number of aryl methyl sites for hydroxylation is 1. The minimum absolute atomic E-state index is 0.457. The third kappa shape index (κ3) is 7.24. The van der Waals surface area contributed by atoms with Crippen molar-refractivity contribution in [3.63, 3.8) is 0 Å². The third-order valence-electron chi connectivity index (χ3n) is 4.57. The van der Waals surface area contributed by atoms with E-state index in [1.54, 1.807) is 12.4 Å². The maximum absolute atomic E-state index is 5.94. The van der Waals surface area contributed by atoms with Crippen LogP contribution in [0.1, 0.15) is 49.9 Å². The Balaban J connectivity index is 0.000000369. The van der Waals surface area contributed by atoms with Crippen LogP contribution in [0.2, 0.25) is 0 Å². The van der Waals surface area contributed by atoms with Gasteiger partial charge in [0.1, 0.15) is 0 Å². The molecule has 0 atom stereocenters. The van der Waals surface area contributed by atoms with E-state index in [0.29, 0.717) is 11.1 Å². The predicted octanol–water partition coefficient (Wildman–Crippen LogP) is 2.75. The van der Waals surface area contributed by atoms with Gasteiger partial charge in [0.15, 0.2) is 0 Å². The van der Waals surface area contributed by atoms with E-state index < -0.39 is 0 Å². The fourth-order valence-electron chi connectivity index (χ4n) is 3.39. The Morgan fingerprint density at radius 3 is 2.52 bits per heavy atom. The standard InChI is InChI=1S/C17H24N4.C5H10O/c1-13-8-14(9-20-16(13)15(18)10-19-4)6-5-7-21-11-17(2,3)12-21;1-2-4-6-5-3-1/h8-10,19H,7,11-12,18H2,1-4H3;1-5H2/b15-10-;. The zero-order valence-corrected chi connectivity index (χ0v) is 17.3. The Morgan fingerprint density at radius 1 is 1.33 bits per heavy atom. The summed E-state index contributed by atoms with van der Waals surface area (Å²) in [4.78, 5) is 6.76. The van der Waals surface area contributed by atoms with Gasteiger partial charge in [-0.3, -0.25) is 9.88 Å².